The number of nitro groups is 1. The van der Waals surface area contributed by atoms with Crippen LogP contribution in [0.3, 0.4) is 0 Å². The molecule has 0 aliphatic carbocycles. The number of halogens is 1. The van der Waals surface area contributed by atoms with Gasteiger partial charge in [-0.1, -0.05) is 0 Å². The number of phenols is 1. The SMILES string of the molecule is [2H]c1c([2H])c([N+](=O)[O-])c([2H])c(I)c1O. The summed E-state index contributed by atoms with van der Waals surface area (Å²) in [6.45, 7) is 0. The van der Waals surface area contributed by atoms with Crippen molar-refractivity contribution in [2.75, 3.05) is 0 Å². The van der Waals surface area contributed by atoms with E-state index in [9.17, 15) is 15.2 Å². The average molecular weight is 268 g/mol. The third-order valence-electron chi connectivity index (χ3n) is 0.918. The van der Waals surface area contributed by atoms with Crippen LogP contribution in [0.4, 0.5) is 5.69 Å². The van der Waals surface area contributed by atoms with Gasteiger partial charge in [0, 0.05) is 12.1 Å². The number of rotatable bonds is 1. The summed E-state index contributed by atoms with van der Waals surface area (Å²) in [4.78, 5) is 9.56. The summed E-state index contributed by atoms with van der Waals surface area (Å²) >= 11 is 1.52. The molecule has 0 aliphatic rings. The van der Waals surface area contributed by atoms with Crippen LogP contribution in [0.2, 0.25) is 0 Å². The van der Waals surface area contributed by atoms with E-state index in [2.05, 4.69) is 0 Å². The molecule has 0 saturated heterocycles. The fourth-order valence-electron chi connectivity index (χ4n) is 0.459. The molecule has 0 bridgehead atoms. The van der Waals surface area contributed by atoms with Crippen LogP contribution in [-0.4, -0.2) is 10.0 Å². The molecular formula is C6H4INO3. The lowest BCUT2D eigenvalue weighted by Gasteiger charge is -1.94. The molecule has 0 unspecified atom stereocenters. The third-order valence-corrected chi connectivity index (χ3v) is 1.70. The zero-order valence-electron chi connectivity index (χ0n) is 8.09. The first kappa shape index (κ1) is 4.91. The zero-order valence-corrected chi connectivity index (χ0v) is 7.25. The Labute approximate surface area is 80.4 Å². The van der Waals surface area contributed by atoms with Crippen LogP contribution in [-0.2, 0) is 0 Å². The van der Waals surface area contributed by atoms with Crippen LogP contribution < -0.4 is 0 Å². The van der Waals surface area contributed by atoms with E-state index in [1.54, 1.807) is 0 Å². The molecule has 1 rings (SSSR count). The van der Waals surface area contributed by atoms with Crippen LogP contribution >= 0.6 is 22.6 Å². The number of nitrogens with zero attached hydrogens (tertiary/aromatic N) is 1. The molecule has 0 heterocycles. The van der Waals surface area contributed by atoms with Crippen LogP contribution in [0.1, 0.15) is 4.11 Å². The van der Waals surface area contributed by atoms with E-state index in [0.717, 1.165) is 0 Å². The average Bonchev–Trinajstić information content (AvgIpc) is 2.11. The number of hydrogen-bond acceptors (Lipinski definition) is 3. The predicted molar refractivity (Wildman–Crippen MR) is 47.5 cm³/mol. The summed E-state index contributed by atoms with van der Waals surface area (Å²) in [7, 11) is 0. The van der Waals surface area contributed by atoms with Crippen molar-refractivity contribution in [3.8, 4) is 5.75 Å². The molecule has 0 fully saturated rings. The normalized spacial score (nSPS) is 13.4. The van der Waals surface area contributed by atoms with Gasteiger partial charge in [-0.05, 0) is 28.6 Å². The van der Waals surface area contributed by atoms with Crippen molar-refractivity contribution >= 4 is 28.3 Å². The minimum atomic E-state index is -0.899. The van der Waals surface area contributed by atoms with Crippen molar-refractivity contribution in [3.63, 3.8) is 0 Å². The second-order valence-corrected chi connectivity index (χ2v) is 2.72. The zero-order chi connectivity index (χ0) is 11.0. The van der Waals surface area contributed by atoms with Crippen molar-refractivity contribution in [2.24, 2.45) is 0 Å². The van der Waals surface area contributed by atoms with Gasteiger partial charge in [0.15, 0.2) is 0 Å². The fraction of sp³-hybridized carbons (Fsp3) is 0. The summed E-state index contributed by atoms with van der Waals surface area (Å²) in [6.07, 6.45) is 0. The molecule has 0 spiro atoms. The molecule has 11 heavy (non-hydrogen) atoms. The number of nitro benzene ring substituents is 1. The van der Waals surface area contributed by atoms with E-state index >= 15 is 0 Å². The van der Waals surface area contributed by atoms with Gasteiger partial charge in [0.1, 0.15) is 5.75 Å². The molecular weight excluding hydrogens is 261 g/mol. The third kappa shape index (κ3) is 1.79. The second kappa shape index (κ2) is 3.04. The topological polar surface area (TPSA) is 63.4 Å². The van der Waals surface area contributed by atoms with Crippen molar-refractivity contribution < 1.29 is 14.1 Å². The van der Waals surface area contributed by atoms with E-state index in [4.69, 9.17) is 4.11 Å². The van der Waals surface area contributed by atoms with Gasteiger partial charge in [-0.15, -0.1) is 0 Å². The van der Waals surface area contributed by atoms with E-state index < -0.39 is 34.5 Å². The first-order valence-electron chi connectivity index (χ1n) is 4.00. The maximum atomic E-state index is 10.5. The Balaban J connectivity index is 3.68. The smallest absolute Gasteiger partial charge is 0.270 e. The largest absolute Gasteiger partial charge is 0.507 e. The Morgan fingerprint density at radius 1 is 1.73 bits per heavy atom. The number of phenolic OH excluding ortho intramolecular Hbond substituents is 1. The predicted octanol–water partition coefficient (Wildman–Crippen LogP) is 1.90. The van der Waals surface area contributed by atoms with Crippen molar-refractivity contribution in [1.29, 1.82) is 0 Å². The summed E-state index contributed by atoms with van der Waals surface area (Å²) in [5, 5.41) is 19.7. The second-order valence-electron chi connectivity index (χ2n) is 1.64. The molecule has 58 valence electrons. The minimum absolute atomic E-state index is 0.0877. The Bertz CT molecular complexity index is 394. The highest BCUT2D eigenvalue weighted by atomic mass is 127. The fourth-order valence-corrected chi connectivity index (χ4v) is 0.849. The van der Waals surface area contributed by atoms with Crippen molar-refractivity contribution in [1.82, 2.24) is 0 Å². The van der Waals surface area contributed by atoms with Gasteiger partial charge in [0.2, 0.25) is 0 Å². The molecule has 4 nitrogen and oxygen atoms in total. The lowest BCUT2D eigenvalue weighted by Crippen LogP contribution is -1.87. The van der Waals surface area contributed by atoms with Gasteiger partial charge < -0.3 is 5.11 Å². The molecule has 5 heteroatoms. The summed E-state index contributed by atoms with van der Waals surface area (Å²) in [6, 6.07) is -1.90. The van der Waals surface area contributed by atoms with Crippen molar-refractivity contribution in [3.05, 3.63) is 31.8 Å². The van der Waals surface area contributed by atoms with Crippen LogP contribution in [0.15, 0.2) is 18.1 Å². The quantitative estimate of drug-likeness (QED) is 0.480. The molecule has 0 saturated carbocycles. The maximum absolute atomic E-state index is 10.5. The summed E-state index contributed by atoms with van der Waals surface area (Å²) in [5.41, 5.74) is -0.753. The molecule has 0 aromatic heterocycles. The van der Waals surface area contributed by atoms with Crippen molar-refractivity contribution in [2.45, 2.75) is 0 Å². The highest BCUT2D eigenvalue weighted by molar-refractivity contribution is 14.1. The van der Waals surface area contributed by atoms with Gasteiger partial charge in [-0.3, -0.25) is 10.1 Å². The molecule has 0 amide bonds. The Morgan fingerprint density at radius 3 is 2.91 bits per heavy atom. The van der Waals surface area contributed by atoms with E-state index in [1.807, 2.05) is 0 Å². The molecule has 0 radical (unpaired) electrons. The first-order chi connectivity index (χ1) is 6.37. The van der Waals surface area contributed by atoms with E-state index in [0.29, 0.717) is 0 Å². The van der Waals surface area contributed by atoms with Crippen LogP contribution in [0, 0.1) is 13.7 Å². The van der Waals surface area contributed by atoms with Gasteiger partial charge in [0.05, 0.1) is 12.6 Å². The molecule has 1 aromatic rings. The first-order valence-corrected chi connectivity index (χ1v) is 3.58. The highest BCUT2D eigenvalue weighted by Crippen LogP contribution is 2.23. The number of hydrogen-bond donors (Lipinski definition) is 1. The Morgan fingerprint density at radius 2 is 2.36 bits per heavy atom. The lowest BCUT2D eigenvalue weighted by molar-refractivity contribution is -0.385. The minimum Gasteiger partial charge on any atom is -0.507 e. The Kier molecular flexibility index (Phi) is 1.36. The molecule has 1 aromatic carbocycles. The highest BCUT2D eigenvalue weighted by Gasteiger charge is 2.06. The summed E-state index contributed by atoms with van der Waals surface area (Å²) in [5.74, 6) is -0.564. The van der Waals surface area contributed by atoms with Gasteiger partial charge in [0.25, 0.3) is 5.69 Å². The van der Waals surface area contributed by atoms with Gasteiger partial charge in [-0.25, -0.2) is 0 Å². The van der Waals surface area contributed by atoms with E-state index in [-0.39, 0.29) is 3.57 Å². The van der Waals surface area contributed by atoms with Crippen LogP contribution in [0.25, 0.3) is 0 Å². The molecule has 0 aliphatic heterocycles. The Hall–Kier alpha value is -0.850. The van der Waals surface area contributed by atoms with Gasteiger partial charge in [-0.2, -0.15) is 0 Å². The maximum Gasteiger partial charge on any atom is 0.270 e. The van der Waals surface area contributed by atoms with Crippen LogP contribution in [0.5, 0.6) is 5.75 Å². The number of aromatic hydroxyl groups is 1. The lowest BCUT2D eigenvalue weighted by atomic mass is 10.3. The monoisotopic (exact) mass is 268 g/mol. The standard InChI is InChI=1S/C6H4INO3/c7-5-3-4(8(10)11)1-2-6(5)9/h1-3,9H/i1D,2D,3D. The van der Waals surface area contributed by atoms with Gasteiger partial charge >= 0.3 is 0 Å². The molecule has 1 N–H and O–H groups in total. The molecule has 0 atom stereocenters. The van der Waals surface area contributed by atoms with E-state index in [1.165, 1.54) is 22.6 Å². The number of benzene rings is 1. The summed E-state index contributed by atoms with van der Waals surface area (Å²) < 4.78 is 21.6.